The van der Waals surface area contributed by atoms with E-state index in [4.69, 9.17) is 4.74 Å². The van der Waals surface area contributed by atoms with Crippen molar-refractivity contribution in [1.29, 1.82) is 0 Å². The van der Waals surface area contributed by atoms with E-state index in [0.29, 0.717) is 17.8 Å². The zero-order valence-corrected chi connectivity index (χ0v) is 11.4. The maximum atomic E-state index is 12.0. The maximum absolute atomic E-state index is 12.0. The smallest absolute Gasteiger partial charge is 0.372 e. The number of nitrogens with zero attached hydrogens (tertiary/aromatic N) is 1. The Bertz CT molecular complexity index is 404. The van der Waals surface area contributed by atoms with Crippen LogP contribution in [0.3, 0.4) is 0 Å². The zero-order chi connectivity index (χ0) is 14.2. The Balaban J connectivity index is 1.36. The molecule has 0 bridgehead atoms. The van der Waals surface area contributed by atoms with Crippen molar-refractivity contribution < 1.29 is 17.9 Å². The molecular weight excluding hydrogens is 267 g/mol. The fraction of sp³-hybridized carbons (Fsp3) is 0.733. The van der Waals surface area contributed by atoms with Crippen LogP contribution in [0.1, 0.15) is 12.8 Å². The number of fused-ring (bicyclic) bond motifs is 1. The number of piperidine rings is 1. The average Bonchev–Trinajstić information content (AvgIpc) is 2.83. The summed E-state index contributed by atoms with van der Waals surface area (Å²) in [5.41, 5.74) is 1.38. The fourth-order valence-electron chi connectivity index (χ4n) is 3.47. The molecule has 0 aromatic heterocycles. The molecule has 3 rings (SSSR count). The van der Waals surface area contributed by atoms with Crippen LogP contribution in [0.15, 0.2) is 23.8 Å². The lowest BCUT2D eigenvalue weighted by Gasteiger charge is -2.21. The summed E-state index contributed by atoms with van der Waals surface area (Å²) in [5, 5.41) is 0. The predicted molar refractivity (Wildman–Crippen MR) is 70.2 cm³/mol. The van der Waals surface area contributed by atoms with Crippen LogP contribution in [-0.4, -0.2) is 43.9 Å². The normalized spacial score (nSPS) is 33.1. The average molecular weight is 287 g/mol. The molecule has 0 N–H and O–H groups in total. The van der Waals surface area contributed by atoms with Crippen molar-refractivity contribution >= 4 is 0 Å². The van der Waals surface area contributed by atoms with E-state index in [-0.39, 0.29) is 6.61 Å². The topological polar surface area (TPSA) is 12.5 Å². The summed E-state index contributed by atoms with van der Waals surface area (Å²) in [7, 11) is 0. The van der Waals surface area contributed by atoms with Gasteiger partial charge in [0.05, 0.1) is 6.61 Å². The van der Waals surface area contributed by atoms with Crippen molar-refractivity contribution in [3.63, 3.8) is 0 Å². The minimum absolute atomic E-state index is 0.269. The van der Waals surface area contributed by atoms with Gasteiger partial charge in [-0.2, -0.15) is 13.2 Å². The minimum Gasteiger partial charge on any atom is -0.372 e. The van der Waals surface area contributed by atoms with Gasteiger partial charge in [0.25, 0.3) is 0 Å². The van der Waals surface area contributed by atoms with Gasteiger partial charge in [0.2, 0.25) is 0 Å². The number of hydrogen-bond donors (Lipinski definition) is 0. The molecule has 0 aromatic rings. The molecule has 1 saturated carbocycles. The van der Waals surface area contributed by atoms with Gasteiger partial charge in [-0.15, -0.1) is 0 Å². The van der Waals surface area contributed by atoms with E-state index < -0.39 is 12.8 Å². The third-order valence-corrected chi connectivity index (χ3v) is 4.50. The number of alkyl halides is 3. The second-order valence-electron chi connectivity index (χ2n) is 6.07. The lowest BCUT2D eigenvalue weighted by Crippen LogP contribution is -2.28. The van der Waals surface area contributed by atoms with Crippen LogP contribution in [0.2, 0.25) is 0 Å². The first-order valence-electron chi connectivity index (χ1n) is 7.25. The van der Waals surface area contributed by atoms with Crippen LogP contribution in [0, 0.1) is 17.8 Å². The predicted octanol–water partition coefficient (Wildman–Crippen LogP) is 3.02. The number of hydrogen-bond acceptors (Lipinski definition) is 2. The van der Waals surface area contributed by atoms with Crippen molar-refractivity contribution in [3.8, 4) is 0 Å². The van der Waals surface area contributed by atoms with E-state index in [9.17, 15) is 13.2 Å². The molecule has 2 unspecified atom stereocenters. The van der Waals surface area contributed by atoms with Crippen molar-refractivity contribution in [2.45, 2.75) is 19.0 Å². The van der Waals surface area contributed by atoms with E-state index in [1.807, 2.05) is 0 Å². The Labute approximate surface area is 117 Å². The molecule has 2 atom stereocenters. The Morgan fingerprint density at radius 3 is 2.55 bits per heavy atom. The lowest BCUT2D eigenvalue weighted by atomic mass is 10.1. The van der Waals surface area contributed by atoms with E-state index in [1.54, 1.807) is 0 Å². The third kappa shape index (κ3) is 3.44. The lowest BCUT2D eigenvalue weighted by molar-refractivity contribution is -0.175. The van der Waals surface area contributed by atoms with Crippen molar-refractivity contribution in [3.05, 3.63) is 23.8 Å². The van der Waals surface area contributed by atoms with Gasteiger partial charge in [-0.3, -0.25) is 4.90 Å². The van der Waals surface area contributed by atoms with Crippen molar-refractivity contribution in [2.75, 3.05) is 32.8 Å². The molecule has 1 aliphatic heterocycles. The van der Waals surface area contributed by atoms with Crippen LogP contribution in [0.4, 0.5) is 13.2 Å². The first kappa shape index (κ1) is 14.1. The third-order valence-electron chi connectivity index (χ3n) is 4.50. The maximum Gasteiger partial charge on any atom is 0.411 e. The first-order valence-corrected chi connectivity index (χ1v) is 7.25. The molecule has 20 heavy (non-hydrogen) atoms. The molecule has 0 amide bonds. The highest BCUT2D eigenvalue weighted by Crippen LogP contribution is 2.51. The minimum atomic E-state index is -4.20. The number of ether oxygens (including phenoxy) is 1. The molecule has 0 spiro atoms. The van der Waals surface area contributed by atoms with Crippen molar-refractivity contribution in [1.82, 2.24) is 4.90 Å². The Morgan fingerprint density at radius 2 is 1.95 bits per heavy atom. The van der Waals surface area contributed by atoms with Crippen LogP contribution >= 0.6 is 0 Å². The Hall–Kier alpha value is -0.810. The zero-order valence-electron chi connectivity index (χ0n) is 11.4. The number of rotatable bonds is 5. The molecule has 1 heterocycles. The second-order valence-corrected chi connectivity index (χ2v) is 6.07. The molecule has 2 fully saturated rings. The summed E-state index contributed by atoms with van der Waals surface area (Å²) >= 11 is 0. The number of halogens is 3. The van der Waals surface area contributed by atoms with E-state index in [2.05, 4.69) is 23.1 Å². The van der Waals surface area contributed by atoms with Gasteiger partial charge in [0.15, 0.2) is 0 Å². The molecule has 0 aromatic carbocycles. The molecule has 2 aliphatic carbocycles. The molecule has 3 aliphatic rings. The number of allylic oxidation sites excluding steroid dienone is 2. The molecule has 5 heteroatoms. The second kappa shape index (κ2) is 5.53. The summed E-state index contributed by atoms with van der Waals surface area (Å²) in [6, 6.07) is 0. The largest absolute Gasteiger partial charge is 0.411 e. The van der Waals surface area contributed by atoms with Crippen LogP contribution in [0.5, 0.6) is 0 Å². The molecule has 0 radical (unpaired) electrons. The number of likely N-dealkylation sites (tertiary alicyclic amines) is 1. The van der Waals surface area contributed by atoms with E-state index >= 15 is 0 Å². The van der Waals surface area contributed by atoms with Crippen LogP contribution in [0.25, 0.3) is 0 Å². The van der Waals surface area contributed by atoms with Crippen LogP contribution in [-0.2, 0) is 4.74 Å². The van der Waals surface area contributed by atoms with Gasteiger partial charge in [-0.1, -0.05) is 18.2 Å². The van der Waals surface area contributed by atoms with Crippen molar-refractivity contribution in [2.24, 2.45) is 17.8 Å². The molecular formula is C15H20F3NO. The first-order chi connectivity index (χ1) is 9.53. The highest BCUT2D eigenvalue weighted by atomic mass is 19.4. The summed E-state index contributed by atoms with van der Waals surface area (Å²) in [6.45, 7) is 2.17. The van der Waals surface area contributed by atoms with Gasteiger partial charge in [-0.05, 0) is 36.2 Å². The van der Waals surface area contributed by atoms with E-state index in [0.717, 1.165) is 32.5 Å². The summed E-state index contributed by atoms with van der Waals surface area (Å²) < 4.78 is 40.8. The van der Waals surface area contributed by atoms with E-state index in [1.165, 1.54) is 5.57 Å². The summed E-state index contributed by atoms with van der Waals surface area (Å²) in [6.07, 6.45) is 4.74. The summed E-state index contributed by atoms with van der Waals surface area (Å²) in [4.78, 5) is 2.41. The highest BCUT2D eigenvalue weighted by Gasteiger charge is 2.55. The standard InChI is InChI=1S/C15H20F3NO/c16-15(17,18)10-20-9-14-12-7-19(8-13(12)14)6-11-4-2-1-3-5-11/h2,4-5,12-14H,1,3,6-10H2. The molecule has 2 nitrogen and oxygen atoms in total. The van der Waals surface area contributed by atoms with Gasteiger partial charge in [0, 0.05) is 19.6 Å². The quantitative estimate of drug-likeness (QED) is 0.770. The monoisotopic (exact) mass is 287 g/mol. The Morgan fingerprint density at radius 1 is 1.20 bits per heavy atom. The fourth-order valence-corrected chi connectivity index (χ4v) is 3.47. The van der Waals surface area contributed by atoms with Gasteiger partial charge >= 0.3 is 6.18 Å². The highest BCUT2D eigenvalue weighted by molar-refractivity contribution is 5.24. The van der Waals surface area contributed by atoms with Crippen LogP contribution < -0.4 is 0 Å². The Kier molecular flexibility index (Phi) is 3.91. The molecule has 112 valence electrons. The molecule has 1 saturated heterocycles. The van der Waals surface area contributed by atoms with Gasteiger partial charge < -0.3 is 4.74 Å². The SMILES string of the molecule is FC(F)(F)COCC1C2CN(CC3=CCCC=C3)CC12. The van der Waals surface area contributed by atoms with Gasteiger partial charge in [-0.25, -0.2) is 0 Å². The van der Waals surface area contributed by atoms with Gasteiger partial charge in [0.1, 0.15) is 6.61 Å². The summed E-state index contributed by atoms with van der Waals surface area (Å²) in [5.74, 6) is 1.46.